The predicted molar refractivity (Wildman–Crippen MR) is 74.5 cm³/mol. The molecule has 9 nitrogen and oxygen atoms in total. The zero-order valence-corrected chi connectivity index (χ0v) is 12.4. The van der Waals surface area contributed by atoms with Crippen molar-refractivity contribution in [1.29, 1.82) is 0 Å². The third-order valence-corrected chi connectivity index (χ3v) is 3.82. The van der Waals surface area contributed by atoms with E-state index in [4.69, 9.17) is 4.74 Å². The number of carbonyl (C=O) groups excluding carboxylic acids is 2. The fraction of sp³-hybridized carbons (Fsp3) is 0.636. The van der Waals surface area contributed by atoms with Crippen molar-refractivity contribution in [2.45, 2.75) is 37.6 Å². The SMILES string of the molecule is CC(=O)NNC(=O)CSc1n[nH]c(=O)n1C[C@@H]1CCCO1. The molecule has 1 aromatic heterocycles. The summed E-state index contributed by atoms with van der Waals surface area (Å²) in [4.78, 5) is 33.9. The van der Waals surface area contributed by atoms with Crippen LogP contribution in [0, 0.1) is 0 Å². The van der Waals surface area contributed by atoms with Crippen LogP contribution in [0.1, 0.15) is 19.8 Å². The molecule has 1 aromatic rings. The van der Waals surface area contributed by atoms with E-state index in [9.17, 15) is 14.4 Å². The van der Waals surface area contributed by atoms with Gasteiger partial charge in [0.05, 0.1) is 18.4 Å². The van der Waals surface area contributed by atoms with Crippen molar-refractivity contribution in [1.82, 2.24) is 25.6 Å². The van der Waals surface area contributed by atoms with Gasteiger partial charge in [-0.2, -0.15) is 0 Å². The van der Waals surface area contributed by atoms with Crippen LogP contribution in [0.15, 0.2) is 9.95 Å². The van der Waals surface area contributed by atoms with Crippen molar-refractivity contribution in [2.75, 3.05) is 12.4 Å². The molecule has 1 atom stereocenters. The van der Waals surface area contributed by atoms with Crippen LogP contribution < -0.4 is 16.5 Å². The Morgan fingerprint density at radius 3 is 3.00 bits per heavy atom. The first-order valence-electron chi connectivity index (χ1n) is 6.51. The van der Waals surface area contributed by atoms with Crippen molar-refractivity contribution in [3.63, 3.8) is 0 Å². The highest BCUT2D eigenvalue weighted by molar-refractivity contribution is 7.99. The maximum Gasteiger partial charge on any atom is 0.344 e. The van der Waals surface area contributed by atoms with E-state index in [0.717, 1.165) is 24.6 Å². The first kappa shape index (κ1) is 15.6. The molecular formula is C11H17N5O4S. The van der Waals surface area contributed by atoms with Crippen molar-refractivity contribution in [3.8, 4) is 0 Å². The number of H-pyrrole nitrogens is 1. The van der Waals surface area contributed by atoms with Gasteiger partial charge in [-0.1, -0.05) is 11.8 Å². The van der Waals surface area contributed by atoms with Crippen LogP contribution in [0.4, 0.5) is 0 Å². The van der Waals surface area contributed by atoms with E-state index < -0.39 is 0 Å². The highest BCUT2D eigenvalue weighted by Crippen LogP contribution is 2.17. The Kier molecular flexibility index (Phi) is 5.39. The van der Waals surface area contributed by atoms with Crippen LogP contribution in [-0.2, 0) is 20.9 Å². The Labute approximate surface area is 124 Å². The van der Waals surface area contributed by atoms with Crippen LogP contribution >= 0.6 is 11.8 Å². The molecule has 1 fully saturated rings. The summed E-state index contributed by atoms with van der Waals surface area (Å²) in [6.07, 6.45) is 1.90. The number of hydrazine groups is 1. The van der Waals surface area contributed by atoms with Gasteiger partial charge in [0, 0.05) is 13.5 Å². The van der Waals surface area contributed by atoms with E-state index in [1.165, 1.54) is 11.5 Å². The van der Waals surface area contributed by atoms with Crippen LogP contribution in [0.25, 0.3) is 0 Å². The second-order valence-electron chi connectivity index (χ2n) is 4.58. The predicted octanol–water partition coefficient (Wildman–Crippen LogP) is -0.990. The quantitative estimate of drug-likeness (QED) is 0.474. The molecule has 0 aromatic carbocycles. The summed E-state index contributed by atoms with van der Waals surface area (Å²) in [6.45, 7) is 2.42. The van der Waals surface area contributed by atoms with Crippen LogP contribution in [0.3, 0.4) is 0 Å². The molecular weight excluding hydrogens is 298 g/mol. The number of aromatic nitrogens is 3. The smallest absolute Gasteiger partial charge is 0.344 e. The summed E-state index contributed by atoms with van der Waals surface area (Å²) in [5.41, 5.74) is 4.11. The monoisotopic (exact) mass is 315 g/mol. The van der Waals surface area contributed by atoms with Crippen LogP contribution in [0.2, 0.25) is 0 Å². The van der Waals surface area contributed by atoms with Gasteiger partial charge in [-0.15, -0.1) is 5.10 Å². The Bertz CT molecular complexity index is 563. The summed E-state index contributed by atoms with van der Waals surface area (Å²) < 4.78 is 6.95. The van der Waals surface area contributed by atoms with Gasteiger partial charge in [0.2, 0.25) is 11.8 Å². The van der Waals surface area contributed by atoms with Gasteiger partial charge in [0.25, 0.3) is 0 Å². The molecule has 2 amide bonds. The number of aromatic amines is 1. The van der Waals surface area contributed by atoms with Gasteiger partial charge in [0.1, 0.15) is 0 Å². The highest BCUT2D eigenvalue weighted by Gasteiger charge is 2.20. The van der Waals surface area contributed by atoms with Gasteiger partial charge in [0.15, 0.2) is 5.16 Å². The molecule has 1 aliphatic heterocycles. The number of carbonyl (C=O) groups is 2. The molecule has 2 rings (SSSR count). The number of rotatable bonds is 5. The van der Waals surface area contributed by atoms with Gasteiger partial charge in [-0.3, -0.25) is 25.0 Å². The zero-order valence-electron chi connectivity index (χ0n) is 11.5. The lowest BCUT2D eigenvalue weighted by Crippen LogP contribution is -2.41. The van der Waals surface area contributed by atoms with Gasteiger partial charge in [-0.25, -0.2) is 9.89 Å². The molecule has 0 aliphatic carbocycles. The molecule has 1 aliphatic rings. The molecule has 3 N–H and O–H groups in total. The largest absolute Gasteiger partial charge is 0.376 e. The summed E-state index contributed by atoms with van der Waals surface area (Å²) >= 11 is 1.11. The second-order valence-corrected chi connectivity index (χ2v) is 5.52. The van der Waals surface area contributed by atoms with E-state index in [1.807, 2.05) is 0 Å². The van der Waals surface area contributed by atoms with Crippen molar-refractivity contribution in [2.24, 2.45) is 0 Å². The Morgan fingerprint density at radius 2 is 2.33 bits per heavy atom. The Balaban J connectivity index is 1.89. The van der Waals surface area contributed by atoms with E-state index in [2.05, 4.69) is 21.0 Å². The maximum atomic E-state index is 11.7. The number of hydrogen-bond donors (Lipinski definition) is 3. The Morgan fingerprint density at radius 1 is 1.52 bits per heavy atom. The number of amides is 2. The number of thioether (sulfide) groups is 1. The van der Waals surface area contributed by atoms with E-state index in [-0.39, 0.29) is 29.4 Å². The number of hydrogen-bond acceptors (Lipinski definition) is 6. The third kappa shape index (κ3) is 4.60. The fourth-order valence-corrected chi connectivity index (χ4v) is 2.65. The topological polar surface area (TPSA) is 118 Å². The first-order chi connectivity index (χ1) is 10.1. The molecule has 116 valence electrons. The number of nitrogens with one attached hydrogen (secondary N) is 3. The van der Waals surface area contributed by atoms with E-state index in [1.54, 1.807) is 0 Å². The van der Waals surface area contributed by atoms with Crippen molar-refractivity contribution in [3.05, 3.63) is 10.5 Å². The lowest BCUT2D eigenvalue weighted by atomic mass is 10.2. The van der Waals surface area contributed by atoms with Crippen LogP contribution in [0.5, 0.6) is 0 Å². The van der Waals surface area contributed by atoms with Crippen molar-refractivity contribution < 1.29 is 14.3 Å². The zero-order chi connectivity index (χ0) is 15.2. The lowest BCUT2D eigenvalue weighted by Gasteiger charge is -2.11. The maximum absolute atomic E-state index is 11.7. The standard InChI is InChI=1S/C11H17N5O4S/c1-7(17)12-13-9(18)6-21-11-15-14-10(19)16(11)5-8-3-2-4-20-8/h8H,2-6H2,1H3,(H,12,17)(H,13,18)(H,14,19)/t8-/m0/s1. The normalized spacial score (nSPS) is 17.7. The molecule has 1 saturated heterocycles. The summed E-state index contributed by atoms with van der Waals surface area (Å²) in [5, 5.41) is 6.68. The van der Waals surface area contributed by atoms with Gasteiger partial charge in [-0.05, 0) is 12.8 Å². The average Bonchev–Trinajstić information content (AvgIpc) is 3.06. The molecule has 0 bridgehead atoms. The highest BCUT2D eigenvalue weighted by atomic mass is 32.2. The molecule has 0 spiro atoms. The fourth-order valence-electron chi connectivity index (χ4n) is 1.89. The van der Waals surface area contributed by atoms with Crippen LogP contribution in [-0.4, -0.2) is 45.0 Å². The lowest BCUT2D eigenvalue weighted by molar-refractivity contribution is -0.126. The number of nitrogens with zero attached hydrogens (tertiary/aromatic N) is 2. The minimum absolute atomic E-state index is 0.00727. The molecule has 0 unspecified atom stereocenters. The van der Waals surface area contributed by atoms with Gasteiger partial charge < -0.3 is 4.74 Å². The molecule has 0 radical (unpaired) electrons. The minimum Gasteiger partial charge on any atom is -0.376 e. The minimum atomic E-state index is -0.380. The molecule has 0 saturated carbocycles. The third-order valence-electron chi connectivity index (χ3n) is 2.84. The second kappa shape index (κ2) is 7.27. The number of ether oxygens (including phenoxy) is 1. The summed E-state index contributed by atoms with van der Waals surface area (Å²) in [5.74, 6) is -0.700. The van der Waals surface area contributed by atoms with E-state index >= 15 is 0 Å². The molecule has 10 heteroatoms. The Hall–Kier alpha value is -1.81. The van der Waals surface area contributed by atoms with E-state index in [0.29, 0.717) is 18.3 Å². The van der Waals surface area contributed by atoms with Crippen molar-refractivity contribution >= 4 is 23.6 Å². The summed E-state index contributed by atoms with van der Waals surface area (Å²) in [7, 11) is 0. The van der Waals surface area contributed by atoms with Gasteiger partial charge >= 0.3 is 5.69 Å². The first-order valence-corrected chi connectivity index (χ1v) is 7.50. The molecule has 2 heterocycles. The molecule has 21 heavy (non-hydrogen) atoms. The summed E-state index contributed by atoms with van der Waals surface area (Å²) in [6, 6.07) is 0. The average molecular weight is 315 g/mol.